The number of aliphatic hydroxyl groups excluding tert-OH is 1. The summed E-state index contributed by atoms with van der Waals surface area (Å²) >= 11 is 0. The van der Waals surface area contributed by atoms with Gasteiger partial charge in [0.25, 0.3) is 0 Å². The fourth-order valence-corrected chi connectivity index (χ4v) is 4.83. The Kier molecular flexibility index (Phi) is 9.69. The topological polar surface area (TPSA) is 105 Å². The maximum atomic E-state index is 12.9. The van der Waals surface area contributed by atoms with Gasteiger partial charge in [0.15, 0.2) is 0 Å². The van der Waals surface area contributed by atoms with Gasteiger partial charge in [0.1, 0.15) is 6.10 Å². The zero-order valence-electron chi connectivity index (χ0n) is 20.1. The van der Waals surface area contributed by atoms with Gasteiger partial charge in [0.05, 0.1) is 30.5 Å². The van der Waals surface area contributed by atoms with Crippen molar-refractivity contribution in [2.45, 2.75) is 76.4 Å². The Hall–Kier alpha value is -2.67. The van der Waals surface area contributed by atoms with E-state index in [1.54, 1.807) is 6.92 Å². The minimum Gasteiger partial charge on any atom is -0.461 e. The van der Waals surface area contributed by atoms with E-state index in [1.807, 2.05) is 42.5 Å². The second-order valence-electron chi connectivity index (χ2n) is 9.76. The predicted molar refractivity (Wildman–Crippen MR) is 130 cm³/mol. The Bertz CT molecular complexity index is 848. The molecule has 186 valence electrons. The molecule has 7 nitrogen and oxygen atoms in total. The van der Waals surface area contributed by atoms with Crippen LogP contribution < -0.4 is 10.6 Å². The van der Waals surface area contributed by atoms with Crippen molar-refractivity contribution in [1.29, 1.82) is 0 Å². The van der Waals surface area contributed by atoms with Crippen molar-refractivity contribution in [1.82, 2.24) is 10.6 Å². The largest absolute Gasteiger partial charge is 0.461 e. The highest BCUT2D eigenvalue weighted by Gasteiger charge is 2.35. The molecule has 1 aliphatic heterocycles. The molecule has 1 aromatic rings. The molecule has 0 spiro atoms. The maximum Gasteiger partial charge on any atom is 0.309 e. The van der Waals surface area contributed by atoms with Gasteiger partial charge in [-0.2, -0.15) is 0 Å². The van der Waals surface area contributed by atoms with E-state index in [9.17, 15) is 19.5 Å². The maximum absolute atomic E-state index is 12.9. The summed E-state index contributed by atoms with van der Waals surface area (Å²) in [6.07, 6.45) is 9.40. The lowest BCUT2D eigenvalue weighted by Gasteiger charge is -2.28. The third-order valence-electron chi connectivity index (χ3n) is 6.88. The first kappa shape index (κ1) is 25.9. The molecule has 1 heterocycles. The van der Waals surface area contributed by atoms with Crippen LogP contribution >= 0.6 is 0 Å². The highest BCUT2D eigenvalue weighted by Crippen LogP contribution is 2.29. The first-order valence-electron chi connectivity index (χ1n) is 12.5. The zero-order valence-corrected chi connectivity index (χ0v) is 20.1. The van der Waals surface area contributed by atoms with Crippen molar-refractivity contribution in [3.05, 3.63) is 48.0 Å². The van der Waals surface area contributed by atoms with E-state index < -0.39 is 17.6 Å². The summed E-state index contributed by atoms with van der Waals surface area (Å²) in [5.74, 6) is -1.46. The van der Waals surface area contributed by atoms with Gasteiger partial charge in [-0.25, -0.2) is 0 Å². The van der Waals surface area contributed by atoms with Crippen molar-refractivity contribution in [3.8, 4) is 0 Å². The fraction of sp³-hybridized carbons (Fsp3) is 0.593. The van der Waals surface area contributed by atoms with Gasteiger partial charge in [-0.05, 0) is 51.0 Å². The van der Waals surface area contributed by atoms with Crippen molar-refractivity contribution < 1.29 is 24.2 Å². The van der Waals surface area contributed by atoms with Crippen LogP contribution in [0.5, 0.6) is 0 Å². The van der Waals surface area contributed by atoms with Crippen LogP contribution in [-0.4, -0.2) is 47.7 Å². The molecule has 3 atom stereocenters. The molecule has 2 aliphatic rings. The first-order valence-corrected chi connectivity index (χ1v) is 12.5. The highest BCUT2D eigenvalue weighted by atomic mass is 16.5. The van der Waals surface area contributed by atoms with Gasteiger partial charge in [0, 0.05) is 6.42 Å². The highest BCUT2D eigenvalue weighted by molar-refractivity contribution is 5.86. The Morgan fingerprint density at radius 1 is 1.15 bits per heavy atom. The van der Waals surface area contributed by atoms with Crippen molar-refractivity contribution in [3.63, 3.8) is 0 Å². The number of esters is 1. The molecule has 0 aromatic heterocycles. The standard InChI is InChI=1S/C27H38N2O5/c1-20-18-28-25(32)22(17-24(31)29-27(19-30)14-8-9-15-27)12-6-3-7-13-23(26(33)34-20)16-21-10-4-2-5-11-21/h2-6,10-11,20,22-23,30H,7-9,12-19H2,1H3,(H,28,32)(H,29,31)/t20-,22+,23+/m0/s1. The minimum absolute atomic E-state index is 0.0583. The number of benzene rings is 1. The van der Waals surface area contributed by atoms with Crippen LogP contribution in [0.1, 0.15) is 63.9 Å². The lowest BCUT2D eigenvalue weighted by atomic mass is 9.94. The van der Waals surface area contributed by atoms with Crippen LogP contribution in [0.4, 0.5) is 0 Å². The second-order valence-corrected chi connectivity index (χ2v) is 9.76. The van der Waals surface area contributed by atoms with Crippen molar-refractivity contribution in [2.75, 3.05) is 13.2 Å². The summed E-state index contributed by atoms with van der Waals surface area (Å²) < 4.78 is 5.65. The molecule has 3 rings (SSSR count). The third-order valence-corrected chi connectivity index (χ3v) is 6.88. The van der Waals surface area contributed by atoms with Gasteiger partial charge in [0.2, 0.25) is 11.8 Å². The molecule has 0 saturated heterocycles. The van der Waals surface area contributed by atoms with Gasteiger partial charge in [-0.15, -0.1) is 0 Å². The summed E-state index contributed by atoms with van der Waals surface area (Å²) in [6.45, 7) is 1.88. The Morgan fingerprint density at radius 3 is 2.59 bits per heavy atom. The summed E-state index contributed by atoms with van der Waals surface area (Å²) in [4.78, 5) is 38.4. The average Bonchev–Trinajstić information content (AvgIpc) is 3.29. The molecule has 1 aromatic carbocycles. The zero-order chi connectivity index (χ0) is 24.4. The van der Waals surface area contributed by atoms with E-state index in [4.69, 9.17) is 4.74 Å². The summed E-state index contributed by atoms with van der Waals surface area (Å²) in [5, 5.41) is 15.6. The van der Waals surface area contributed by atoms with Crippen molar-refractivity contribution >= 4 is 17.8 Å². The van der Waals surface area contributed by atoms with Crippen molar-refractivity contribution in [2.24, 2.45) is 11.8 Å². The molecular weight excluding hydrogens is 432 g/mol. The van der Waals surface area contributed by atoms with Gasteiger partial charge >= 0.3 is 5.97 Å². The molecule has 34 heavy (non-hydrogen) atoms. The number of hydrogen-bond donors (Lipinski definition) is 3. The summed E-state index contributed by atoms with van der Waals surface area (Å²) in [7, 11) is 0. The van der Waals surface area contributed by atoms with Crippen LogP contribution in [-0.2, 0) is 25.5 Å². The molecule has 1 fully saturated rings. The quantitative estimate of drug-likeness (QED) is 0.438. The van der Waals surface area contributed by atoms with Gasteiger partial charge in [-0.3, -0.25) is 14.4 Å². The Balaban J connectivity index is 1.63. The minimum atomic E-state index is -0.552. The van der Waals surface area contributed by atoms with Crippen LogP contribution in [0.25, 0.3) is 0 Å². The van der Waals surface area contributed by atoms with E-state index in [0.29, 0.717) is 25.7 Å². The number of aliphatic hydroxyl groups is 1. The molecule has 0 radical (unpaired) electrons. The molecule has 1 saturated carbocycles. The molecule has 2 amide bonds. The van der Waals surface area contributed by atoms with Crippen LogP contribution in [0.3, 0.4) is 0 Å². The molecule has 0 bridgehead atoms. The Labute approximate surface area is 202 Å². The second kappa shape index (κ2) is 12.7. The van der Waals surface area contributed by atoms with Crippen LogP contribution in [0, 0.1) is 11.8 Å². The molecular formula is C27H38N2O5. The predicted octanol–water partition coefficient (Wildman–Crippen LogP) is 3.06. The monoisotopic (exact) mass is 470 g/mol. The van der Waals surface area contributed by atoms with Gasteiger partial charge in [-0.1, -0.05) is 55.3 Å². The summed E-state index contributed by atoms with van der Waals surface area (Å²) in [6, 6.07) is 9.90. The van der Waals surface area contributed by atoms with E-state index in [1.165, 1.54) is 0 Å². The molecule has 3 N–H and O–H groups in total. The lowest BCUT2D eigenvalue weighted by Crippen LogP contribution is -2.50. The van der Waals surface area contributed by atoms with E-state index >= 15 is 0 Å². The molecule has 7 heteroatoms. The number of allylic oxidation sites excluding steroid dienone is 2. The Morgan fingerprint density at radius 2 is 1.88 bits per heavy atom. The van der Waals surface area contributed by atoms with Crippen LogP contribution in [0.2, 0.25) is 0 Å². The fourth-order valence-electron chi connectivity index (χ4n) is 4.83. The molecule has 1 aliphatic carbocycles. The average molecular weight is 471 g/mol. The van der Waals surface area contributed by atoms with E-state index in [0.717, 1.165) is 31.2 Å². The SMILES string of the molecule is C[C@H]1CNC(=O)[C@@H](CC(=O)NC2(CO)CCCC2)CC=CCC[C@H](Cc2ccccc2)C(=O)O1. The number of carbonyl (C=O) groups is 3. The first-order chi connectivity index (χ1) is 16.4. The van der Waals surface area contributed by atoms with Crippen LogP contribution in [0.15, 0.2) is 42.5 Å². The van der Waals surface area contributed by atoms with Gasteiger partial charge < -0.3 is 20.5 Å². The number of cyclic esters (lactones) is 1. The normalized spacial score (nSPS) is 25.9. The number of carbonyl (C=O) groups excluding carboxylic acids is 3. The van der Waals surface area contributed by atoms with E-state index in [2.05, 4.69) is 10.6 Å². The number of rotatable bonds is 6. The number of hydrogen-bond acceptors (Lipinski definition) is 5. The number of amides is 2. The smallest absolute Gasteiger partial charge is 0.309 e. The third kappa shape index (κ3) is 7.69. The van der Waals surface area contributed by atoms with E-state index in [-0.39, 0.29) is 43.3 Å². The number of nitrogens with one attached hydrogen (secondary N) is 2. The lowest BCUT2D eigenvalue weighted by molar-refractivity contribution is -0.153. The summed E-state index contributed by atoms with van der Waals surface area (Å²) in [5.41, 5.74) is 0.538. The molecule has 0 unspecified atom stereocenters. The number of ether oxygens (including phenoxy) is 1.